The van der Waals surface area contributed by atoms with E-state index in [1.165, 1.54) is 4.70 Å². The first kappa shape index (κ1) is 36.7. The fourth-order valence-electron chi connectivity index (χ4n) is 6.10. The van der Waals surface area contributed by atoms with Crippen LogP contribution in [0.15, 0.2) is 101 Å². The number of carbonyl (C=O) groups excluding carboxylic acids is 2. The fourth-order valence-corrected chi connectivity index (χ4v) is 8.21. The third-order valence-corrected chi connectivity index (χ3v) is 11.2. The van der Waals surface area contributed by atoms with Crippen LogP contribution in [0.1, 0.15) is 79.6 Å². The molecule has 9 nitrogen and oxygen atoms in total. The molecule has 5 aromatic rings. The average molecular weight is 726 g/mol. The minimum Gasteiger partial charge on any atom is -0.392 e. The number of unbranched alkanes of at least 4 members (excludes halogenated alkanes) is 3. The molecule has 1 saturated heterocycles. The molecule has 1 aliphatic rings. The van der Waals surface area contributed by atoms with E-state index in [2.05, 4.69) is 35.6 Å². The molecule has 6 rings (SSSR count). The molecule has 11 heteroatoms. The van der Waals surface area contributed by atoms with Gasteiger partial charge in [0, 0.05) is 37.1 Å². The standard InChI is InChI=1S/C40H43N3O6S2/c44-25-27-17-19-29(20-18-27)35-23-33(26-50-40-42-34-13-5-6-14-36(34)51-40)48-39(49-35)32-12-8-11-31(22-32)30-10-7-9-28(21-30)24-41-37(45)15-3-1-2-4-16-38(46)43-47/h5-14,17-22,33,35,39,44,47H,1-4,15-16,23-26H2,(H,41,45)(H,43,46)/t33-,35+,39+/m0/s1. The number of aliphatic hydroxyl groups is 1. The molecule has 4 N–H and O–H groups in total. The van der Waals surface area contributed by atoms with Crippen LogP contribution in [0.3, 0.4) is 0 Å². The summed E-state index contributed by atoms with van der Waals surface area (Å²) in [7, 11) is 0. The van der Waals surface area contributed by atoms with Crippen molar-refractivity contribution in [3.05, 3.63) is 119 Å². The van der Waals surface area contributed by atoms with Crippen molar-refractivity contribution < 1.29 is 29.4 Å². The van der Waals surface area contributed by atoms with Crippen molar-refractivity contribution in [3.8, 4) is 11.1 Å². The maximum Gasteiger partial charge on any atom is 0.243 e. The molecule has 0 saturated carbocycles. The molecule has 0 radical (unpaired) electrons. The number of para-hydroxylation sites is 1. The monoisotopic (exact) mass is 725 g/mol. The summed E-state index contributed by atoms with van der Waals surface area (Å²) in [5.41, 5.74) is 8.55. The Labute approximate surface area is 306 Å². The minimum atomic E-state index is -0.573. The van der Waals surface area contributed by atoms with Gasteiger partial charge in [-0.1, -0.05) is 97.4 Å². The van der Waals surface area contributed by atoms with Crippen LogP contribution >= 0.6 is 23.1 Å². The number of hydrogen-bond acceptors (Lipinski definition) is 9. The van der Waals surface area contributed by atoms with E-state index in [0.29, 0.717) is 25.8 Å². The second-order valence-corrected chi connectivity index (χ2v) is 15.0. The van der Waals surface area contributed by atoms with Crippen molar-refractivity contribution in [1.82, 2.24) is 15.8 Å². The van der Waals surface area contributed by atoms with Gasteiger partial charge in [0.2, 0.25) is 11.8 Å². The Kier molecular flexibility index (Phi) is 13.2. The smallest absolute Gasteiger partial charge is 0.243 e. The van der Waals surface area contributed by atoms with Gasteiger partial charge in [0.15, 0.2) is 10.6 Å². The van der Waals surface area contributed by atoms with Gasteiger partial charge in [0.05, 0.1) is 29.0 Å². The Morgan fingerprint density at radius 1 is 0.804 bits per heavy atom. The summed E-state index contributed by atoms with van der Waals surface area (Å²) in [6.45, 7) is 0.429. The maximum atomic E-state index is 12.5. The van der Waals surface area contributed by atoms with Gasteiger partial charge >= 0.3 is 0 Å². The number of amides is 2. The first-order valence-corrected chi connectivity index (χ1v) is 19.2. The lowest BCUT2D eigenvalue weighted by molar-refractivity contribution is -0.245. The van der Waals surface area contributed by atoms with Gasteiger partial charge in [0.1, 0.15) is 0 Å². The Morgan fingerprint density at radius 3 is 2.31 bits per heavy atom. The summed E-state index contributed by atoms with van der Waals surface area (Å²) >= 11 is 3.41. The molecule has 0 bridgehead atoms. The molecular weight excluding hydrogens is 683 g/mol. The van der Waals surface area contributed by atoms with Gasteiger partial charge in [-0.2, -0.15) is 0 Å². The van der Waals surface area contributed by atoms with Crippen molar-refractivity contribution in [2.24, 2.45) is 0 Å². The zero-order chi connectivity index (χ0) is 35.4. The van der Waals surface area contributed by atoms with E-state index in [9.17, 15) is 14.7 Å². The number of ether oxygens (including phenoxy) is 2. The van der Waals surface area contributed by atoms with Gasteiger partial charge in [-0.25, -0.2) is 10.5 Å². The van der Waals surface area contributed by atoms with E-state index in [0.717, 1.165) is 68.3 Å². The molecule has 0 spiro atoms. The molecule has 4 aromatic carbocycles. The summed E-state index contributed by atoms with van der Waals surface area (Å²) in [6.07, 6.45) is 3.71. The number of fused-ring (bicyclic) bond motifs is 1. The SMILES string of the molecule is O=C(CCCCCCC(=O)NCc1cccc(-c2cccc([C@@H]3O[C@H](CSc4nc5ccccc5s4)C[C@H](c4ccc(CO)cc4)O3)c2)c1)NO. The van der Waals surface area contributed by atoms with Crippen LogP contribution in [-0.2, 0) is 32.2 Å². The molecule has 1 aliphatic heterocycles. The Morgan fingerprint density at radius 2 is 1.55 bits per heavy atom. The Balaban J connectivity index is 1.10. The average Bonchev–Trinajstić information content (AvgIpc) is 3.61. The maximum absolute atomic E-state index is 12.5. The van der Waals surface area contributed by atoms with E-state index in [4.69, 9.17) is 19.7 Å². The van der Waals surface area contributed by atoms with Crippen molar-refractivity contribution in [3.63, 3.8) is 0 Å². The molecule has 0 aliphatic carbocycles. The lowest BCUT2D eigenvalue weighted by Crippen LogP contribution is -2.31. The summed E-state index contributed by atoms with van der Waals surface area (Å²) in [6, 6.07) is 32.5. The summed E-state index contributed by atoms with van der Waals surface area (Å²) in [5, 5.41) is 21.2. The van der Waals surface area contributed by atoms with Gasteiger partial charge < -0.3 is 19.9 Å². The van der Waals surface area contributed by atoms with Crippen LogP contribution in [0.5, 0.6) is 0 Å². The number of thiazole rings is 1. The molecule has 51 heavy (non-hydrogen) atoms. The van der Waals surface area contributed by atoms with Crippen molar-refractivity contribution in [1.29, 1.82) is 0 Å². The Bertz CT molecular complexity index is 1870. The Hall–Kier alpha value is -4.10. The summed E-state index contributed by atoms with van der Waals surface area (Å²) in [5.74, 6) is 0.355. The molecule has 3 atom stereocenters. The van der Waals surface area contributed by atoms with Gasteiger partial charge in [0.25, 0.3) is 0 Å². The molecule has 1 aromatic heterocycles. The second kappa shape index (κ2) is 18.4. The lowest BCUT2D eigenvalue weighted by Gasteiger charge is -2.36. The summed E-state index contributed by atoms with van der Waals surface area (Å²) in [4.78, 5) is 28.4. The molecule has 1 fully saturated rings. The third-order valence-electron chi connectivity index (χ3n) is 8.87. The van der Waals surface area contributed by atoms with Crippen LogP contribution < -0.4 is 10.8 Å². The summed E-state index contributed by atoms with van der Waals surface area (Å²) < 4.78 is 15.5. The second-order valence-electron chi connectivity index (χ2n) is 12.7. The zero-order valence-corrected chi connectivity index (χ0v) is 30.0. The van der Waals surface area contributed by atoms with Crippen LogP contribution in [0.25, 0.3) is 21.3 Å². The molecule has 2 heterocycles. The van der Waals surface area contributed by atoms with Crippen LogP contribution in [0, 0.1) is 0 Å². The third kappa shape index (κ3) is 10.5. The highest BCUT2D eigenvalue weighted by Gasteiger charge is 2.32. The quantitative estimate of drug-likeness (QED) is 0.0346. The molecule has 0 unspecified atom stereocenters. The normalized spacial score (nSPS) is 17.3. The molecule has 266 valence electrons. The lowest BCUT2D eigenvalue weighted by atomic mass is 9.99. The van der Waals surface area contributed by atoms with Crippen LogP contribution in [0.4, 0.5) is 0 Å². The van der Waals surface area contributed by atoms with Crippen molar-refractivity contribution >= 4 is 45.1 Å². The topological polar surface area (TPSA) is 130 Å². The number of thioether (sulfide) groups is 1. The number of hydrogen-bond donors (Lipinski definition) is 4. The minimum absolute atomic E-state index is 0.00138. The first-order chi connectivity index (χ1) is 25.0. The van der Waals surface area contributed by atoms with Gasteiger partial charge in [-0.15, -0.1) is 11.3 Å². The van der Waals surface area contributed by atoms with E-state index in [1.807, 2.05) is 66.7 Å². The van der Waals surface area contributed by atoms with Crippen molar-refractivity contribution in [2.45, 2.75) is 80.9 Å². The number of carbonyl (C=O) groups is 2. The number of rotatable bonds is 16. The number of nitrogens with one attached hydrogen (secondary N) is 2. The van der Waals surface area contributed by atoms with E-state index in [-0.39, 0.29) is 37.0 Å². The highest BCUT2D eigenvalue weighted by atomic mass is 32.2. The number of nitrogens with zero attached hydrogens (tertiary/aromatic N) is 1. The fraction of sp³-hybridized carbons (Fsp3) is 0.325. The highest BCUT2D eigenvalue weighted by molar-refractivity contribution is 8.01. The van der Waals surface area contributed by atoms with Gasteiger partial charge in [-0.3, -0.25) is 14.8 Å². The van der Waals surface area contributed by atoms with E-state index < -0.39 is 6.29 Å². The number of hydroxylamine groups is 1. The highest BCUT2D eigenvalue weighted by Crippen LogP contribution is 2.41. The largest absolute Gasteiger partial charge is 0.392 e. The zero-order valence-electron chi connectivity index (χ0n) is 28.3. The molecule has 2 amide bonds. The predicted octanol–water partition coefficient (Wildman–Crippen LogP) is 8.26. The number of aromatic nitrogens is 1. The number of aliphatic hydroxyl groups excluding tert-OH is 1. The van der Waals surface area contributed by atoms with Crippen molar-refractivity contribution in [2.75, 3.05) is 5.75 Å². The van der Waals surface area contributed by atoms with Crippen LogP contribution in [0.2, 0.25) is 0 Å². The predicted molar refractivity (Wildman–Crippen MR) is 200 cm³/mol. The van der Waals surface area contributed by atoms with E-state index >= 15 is 0 Å². The van der Waals surface area contributed by atoms with Gasteiger partial charge in [-0.05, 0) is 64.9 Å². The first-order valence-electron chi connectivity index (χ1n) is 17.4. The molecular formula is C40H43N3O6S2. The van der Waals surface area contributed by atoms with Crippen LogP contribution in [-0.4, -0.2) is 39.0 Å². The number of benzene rings is 4. The van der Waals surface area contributed by atoms with E-state index in [1.54, 1.807) is 28.6 Å².